The van der Waals surface area contributed by atoms with E-state index in [9.17, 15) is 9.59 Å². The number of nitrogens with zero attached hydrogens (tertiary/aromatic N) is 6. The normalized spacial score (nSPS) is 16.7. The van der Waals surface area contributed by atoms with Crippen molar-refractivity contribution in [1.82, 2.24) is 24.7 Å². The second-order valence-corrected chi connectivity index (χ2v) is 8.65. The molecule has 10 nitrogen and oxygen atoms in total. The minimum atomic E-state index is -0.191. The molecule has 0 radical (unpaired) electrons. The van der Waals surface area contributed by atoms with Gasteiger partial charge in [-0.1, -0.05) is 0 Å². The van der Waals surface area contributed by atoms with Crippen molar-refractivity contribution in [3.63, 3.8) is 0 Å². The summed E-state index contributed by atoms with van der Waals surface area (Å²) >= 11 is 0. The molecule has 188 valence electrons. The number of carbonyl (C=O) groups is 2. The summed E-state index contributed by atoms with van der Waals surface area (Å²) in [5, 5.41) is 0. The number of amides is 2. The summed E-state index contributed by atoms with van der Waals surface area (Å²) < 4.78 is 10.6. The number of morpholine rings is 1. The van der Waals surface area contributed by atoms with Gasteiger partial charge in [0.1, 0.15) is 11.4 Å². The van der Waals surface area contributed by atoms with Crippen LogP contribution >= 0.6 is 0 Å². The first-order valence-electron chi connectivity index (χ1n) is 12.2. The monoisotopic (exact) mass is 482 g/mol. The molecule has 0 bridgehead atoms. The van der Waals surface area contributed by atoms with Crippen molar-refractivity contribution >= 4 is 17.5 Å². The Bertz CT molecular complexity index is 944. The van der Waals surface area contributed by atoms with Gasteiger partial charge in [0.15, 0.2) is 0 Å². The molecule has 0 spiro atoms. The average molecular weight is 483 g/mol. The van der Waals surface area contributed by atoms with Gasteiger partial charge >= 0.3 is 0 Å². The lowest BCUT2D eigenvalue weighted by Crippen LogP contribution is -2.49. The molecule has 1 aromatic carbocycles. The number of hydrogen-bond donors (Lipinski definition) is 0. The van der Waals surface area contributed by atoms with E-state index in [0.29, 0.717) is 45.1 Å². The fourth-order valence-electron chi connectivity index (χ4n) is 4.37. The SMILES string of the molecule is COc1ccc(N2CCN(C(=O)CCN(CCN3CCOCC3)C(=O)c3cnccn3)CC2)cc1. The van der Waals surface area contributed by atoms with Gasteiger partial charge in [-0.2, -0.15) is 0 Å². The molecule has 2 amide bonds. The Morgan fingerprint density at radius 1 is 1.00 bits per heavy atom. The number of methoxy groups -OCH3 is 1. The largest absolute Gasteiger partial charge is 0.497 e. The summed E-state index contributed by atoms with van der Waals surface area (Å²) in [6.45, 7) is 7.63. The van der Waals surface area contributed by atoms with Gasteiger partial charge in [0.25, 0.3) is 5.91 Å². The molecule has 2 aliphatic rings. The smallest absolute Gasteiger partial charge is 0.274 e. The van der Waals surface area contributed by atoms with Gasteiger partial charge in [0.2, 0.25) is 5.91 Å². The summed E-state index contributed by atoms with van der Waals surface area (Å²) in [6, 6.07) is 7.99. The Hall–Kier alpha value is -3.24. The Balaban J connectivity index is 1.29. The van der Waals surface area contributed by atoms with Crippen LogP contribution in [0.1, 0.15) is 16.9 Å². The zero-order valence-electron chi connectivity index (χ0n) is 20.3. The van der Waals surface area contributed by atoms with Crippen LogP contribution in [-0.4, -0.2) is 116 Å². The van der Waals surface area contributed by atoms with E-state index in [-0.39, 0.29) is 18.2 Å². The number of aromatic nitrogens is 2. The third-order valence-corrected chi connectivity index (χ3v) is 6.52. The number of rotatable bonds is 9. The summed E-state index contributed by atoms with van der Waals surface area (Å²) in [4.78, 5) is 42.4. The van der Waals surface area contributed by atoms with Crippen LogP contribution in [0, 0.1) is 0 Å². The van der Waals surface area contributed by atoms with Gasteiger partial charge in [0.05, 0.1) is 26.5 Å². The van der Waals surface area contributed by atoms with Crippen LogP contribution in [0.25, 0.3) is 0 Å². The van der Waals surface area contributed by atoms with Gasteiger partial charge in [-0.15, -0.1) is 0 Å². The molecule has 0 aliphatic carbocycles. The second-order valence-electron chi connectivity index (χ2n) is 8.65. The molecule has 3 heterocycles. The predicted molar refractivity (Wildman–Crippen MR) is 132 cm³/mol. The molecule has 4 rings (SSSR count). The molecule has 0 atom stereocenters. The van der Waals surface area contributed by atoms with E-state index in [4.69, 9.17) is 9.47 Å². The molecule has 2 fully saturated rings. The quantitative estimate of drug-likeness (QED) is 0.523. The van der Waals surface area contributed by atoms with Crippen molar-refractivity contribution in [2.45, 2.75) is 6.42 Å². The first kappa shape index (κ1) is 24.9. The Labute approximate surface area is 206 Å². The minimum absolute atomic E-state index is 0.0719. The fourth-order valence-corrected chi connectivity index (χ4v) is 4.37. The standard InChI is InChI=1S/C25H34N6O4/c1-34-22-4-2-21(3-5-22)29-12-14-30(15-13-29)24(32)6-9-31(11-10-28-16-18-35-19-17-28)25(33)23-20-26-7-8-27-23/h2-5,7-8,20H,6,9-19H2,1H3. The number of ether oxygens (including phenoxy) is 2. The van der Waals surface area contributed by atoms with Gasteiger partial charge in [-0.3, -0.25) is 19.5 Å². The van der Waals surface area contributed by atoms with Crippen LogP contribution in [0.5, 0.6) is 5.75 Å². The molecule has 0 N–H and O–H groups in total. The van der Waals surface area contributed by atoms with Crippen molar-refractivity contribution < 1.29 is 19.1 Å². The van der Waals surface area contributed by atoms with E-state index < -0.39 is 0 Å². The van der Waals surface area contributed by atoms with E-state index in [1.54, 1.807) is 18.2 Å². The van der Waals surface area contributed by atoms with E-state index >= 15 is 0 Å². The van der Waals surface area contributed by atoms with E-state index in [2.05, 4.69) is 19.8 Å². The van der Waals surface area contributed by atoms with Crippen LogP contribution < -0.4 is 9.64 Å². The first-order chi connectivity index (χ1) is 17.1. The molecule has 2 aliphatic heterocycles. The Morgan fingerprint density at radius 3 is 2.40 bits per heavy atom. The van der Waals surface area contributed by atoms with Gasteiger partial charge < -0.3 is 24.2 Å². The molecule has 10 heteroatoms. The Morgan fingerprint density at radius 2 is 1.74 bits per heavy atom. The molecule has 2 saturated heterocycles. The van der Waals surface area contributed by atoms with Crippen molar-refractivity contribution in [2.75, 3.05) is 84.1 Å². The van der Waals surface area contributed by atoms with Crippen LogP contribution in [0.4, 0.5) is 5.69 Å². The number of anilines is 1. The average Bonchev–Trinajstić information content (AvgIpc) is 2.94. The third-order valence-electron chi connectivity index (χ3n) is 6.52. The summed E-state index contributed by atoms with van der Waals surface area (Å²) in [6.07, 6.45) is 4.83. The van der Waals surface area contributed by atoms with Crippen molar-refractivity contribution in [1.29, 1.82) is 0 Å². The van der Waals surface area contributed by atoms with Crippen molar-refractivity contribution in [2.24, 2.45) is 0 Å². The molecule has 1 aromatic heterocycles. The zero-order chi connectivity index (χ0) is 24.5. The van der Waals surface area contributed by atoms with Gasteiger partial charge in [-0.25, -0.2) is 4.98 Å². The number of benzene rings is 1. The Kier molecular flexibility index (Phi) is 8.85. The van der Waals surface area contributed by atoms with E-state index in [0.717, 1.165) is 44.2 Å². The van der Waals surface area contributed by atoms with Crippen LogP contribution in [0.15, 0.2) is 42.9 Å². The zero-order valence-corrected chi connectivity index (χ0v) is 20.3. The highest BCUT2D eigenvalue weighted by Crippen LogP contribution is 2.20. The highest BCUT2D eigenvalue weighted by molar-refractivity contribution is 5.92. The molecule has 0 saturated carbocycles. The van der Waals surface area contributed by atoms with Gasteiger partial charge in [-0.05, 0) is 24.3 Å². The topological polar surface area (TPSA) is 91.3 Å². The highest BCUT2D eigenvalue weighted by Gasteiger charge is 2.24. The lowest BCUT2D eigenvalue weighted by molar-refractivity contribution is -0.131. The van der Waals surface area contributed by atoms with Crippen LogP contribution in [0.3, 0.4) is 0 Å². The third kappa shape index (κ3) is 6.89. The predicted octanol–water partition coefficient (Wildman–Crippen LogP) is 0.999. The second kappa shape index (κ2) is 12.5. The van der Waals surface area contributed by atoms with E-state index in [1.165, 1.54) is 12.4 Å². The maximum Gasteiger partial charge on any atom is 0.274 e. The van der Waals surface area contributed by atoms with Crippen molar-refractivity contribution in [3.05, 3.63) is 48.5 Å². The number of hydrogen-bond acceptors (Lipinski definition) is 8. The summed E-state index contributed by atoms with van der Waals surface area (Å²) in [7, 11) is 1.66. The molecular weight excluding hydrogens is 448 g/mol. The maximum atomic E-state index is 13.1. The first-order valence-corrected chi connectivity index (χ1v) is 12.2. The van der Waals surface area contributed by atoms with Crippen molar-refractivity contribution in [3.8, 4) is 5.75 Å². The fraction of sp³-hybridized carbons (Fsp3) is 0.520. The molecule has 0 unspecified atom stereocenters. The molecule has 2 aromatic rings. The number of piperazine rings is 1. The summed E-state index contributed by atoms with van der Waals surface area (Å²) in [5.74, 6) is 0.711. The lowest BCUT2D eigenvalue weighted by atomic mass is 10.2. The molecule has 35 heavy (non-hydrogen) atoms. The van der Waals surface area contributed by atoms with Crippen LogP contribution in [-0.2, 0) is 9.53 Å². The van der Waals surface area contributed by atoms with Crippen LogP contribution in [0.2, 0.25) is 0 Å². The molecular formula is C25H34N6O4. The number of carbonyl (C=O) groups excluding carboxylic acids is 2. The lowest BCUT2D eigenvalue weighted by Gasteiger charge is -2.36. The minimum Gasteiger partial charge on any atom is -0.497 e. The summed E-state index contributed by atoms with van der Waals surface area (Å²) in [5.41, 5.74) is 1.43. The van der Waals surface area contributed by atoms with Gasteiger partial charge in [0, 0.05) is 83.4 Å². The maximum absolute atomic E-state index is 13.1. The highest BCUT2D eigenvalue weighted by atomic mass is 16.5. The van der Waals surface area contributed by atoms with E-state index in [1.807, 2.05) is 29.2 Å².